The van der Waals surface area contributed by atoms with Gasteiger partial charge >= 0.3 is 0 Å². The first-order valence-corrected chi connectivity index (χ1v) is 8.96. The van der Waals surface area contributed by atoms with Crippen molar-refractivity contribution in [1.29, 1.82) is 0 Å². The van der Waals surface area contributed by atoms with E-state index in [-0.39, 0.29) is 24.0 Å². The zero-order valence-corrected chi connectivity index (χ0v) is 16.7. The molecule has 0 aromatic rings. The summed E-state index contributed by atoms with van der Waals surface area (Å²) in [5.41, 5.74) is 0. The summed E-state index contributed by atoms with van der Waals surface area (Å²) >= 11 is 0. The highest BCUT2D eigenvalue weighted by Gasteiger charge is 2.35. The standard InChI is InChI=1S/C17H33N3O.HI/c1-3-5-11-21-12-10-19-17(18-4-2)20-13-15-8-6-7-9-16(15)14-20;/h15-16H,3-14H2,1-2H3,(H,18,19);1H. The molecule has 0 radical (unpaired) electrons. The van der Waals surface area contributed by atoms with Crippen LogP contribution in [0.3, 0.4) is 0 Å². The van der Waals surface area contributed by atoms with E-state index < -0.39 is 0 Å². The Balaban J connectivity index is 0.00000242. The largest absolute Gasteiger partial charge is 0.380 e. The zero-order chi connectivity index (χ0) is 14.9. The van der Waals surface area contributed by atoms with Crippen molar-refractivity contribution in [2.75, 3.05) is 39.4 Å². The van der Waals surface area contributed by atoms with E-state index in [0.29, 0.717) is 0 Å². The number of hydrogen-bond acceptors (Lipinski definition) is 2. The summed E-state index contributed by atoms with van der Waals surface area (Å²) < 4.78 is 5.61. The van der Waals surface area contributed by atoms with Gasteiger partial charge in [-0.2, -0.15) is 0 Å². The molecule has 22 heavy (non-hydrogen) atoms. The molecule has 2 rings (SSSR count). The van der Waals surface area contributed by atoms with Crippen LogP contribution in [-0.2, 0) is 4.74 Å². The Bertz CT molecular complexity index is 311. The van der Waals surface area contributed by atoms with Gasteiger partial charge < -0.3 is 15.0 Å². The van der Waals surface area contributed by atoms with Crippen LogP contribution in [-0.4, -0.2) is 50.3 Å². The van der Waals surface area contributed by atoms with Gasteiger partial charge in [-0.1, -0.05) is 26.2 Å². The van der Waals surface area contributed by atoms with E-state index in [1.165, 1.54) is 45.2 Å². The van der Waals surface area contributed by atoms with Gasteiger partial charge in [0, 0.05) is 26.2 Å². The number of unbranched alkanes of at least 4 members (excludes halogenated alkanes) is 1. The molecule has 1 saturated carbocycles. The summed E-state index contributed by atoms with van der Waals surface area (Å²) in [4.78, 5) is 7.24. The van der Waals surface area contributed by atoms with Gasteiger partial charge in [-0.15, -0.1) is 24.0 Å². The van der Waals surface area contributed by atoms with Crippen LogP contribution in [0.15, 0.2) is 4.99 Å². The van der Waals surface area contributed by atoms with E-state index in [9.17, 15) is 0 Å². The van der Waals surface area contributed by atoms with Gasteiger partial charge in [-0.25, -0.2) is 0 Å². The van der Waals surface area contributed by atoms with E-state index >= 15 is 0 Å². The summed E-state index contributed by atoms with van der Waals surface area (Å²) in [6.07, 6.45) is 8.03. The molecular formula is C17H34IN3O. The molecule has 2 atom stereocenters. The van der Waals surface area contributed by atoms with Crippen molar-refractivity contribution in [2.45, 2.75) is 52.4 Å². The average molecular weight is 423 g/mol. The Morgan fingerprint density at radius 1 is 1.14 bits per heavy atom. The van der Waals surface area contributed by atoms with Crippen LogP contribution in [0.4, 0.5) is 0 Å². The van der Waals surface area contributed by atoms with Crippen LogP contribution in [0.25, 0.3) is 0 Å². The summed E-state index contributed by atoms with van der Waals surface area (Å²) in [7, 11) is 0. The van der Waals surface area contributed by atoms with Crippen LogP contribution in [0.5, 0.6) is 0 Å². The minimum Gasteiger partial charge on any atom is -0.380 e. The third-order valence-electron chi connectivity index (χ3n) is 4.75. The first-order valence-electron chi connectivity index (χ1n) is 8.96. The molecule has 1 saturated heterocycles. The Hall–Kier alpha value is -0.0400. The van der Waals surface area contributed by atoms with E-state index in [1.807, 2.05) is 0 Å². The quantitative estimate of drug-likeness (QED) is 0.295. The summed E-state index contributed by atoms with van der Waals surface area (Å²) in [6, 6.07) is 0. The zero-order valence-electron chi connectivity index (χ0n) is 14.4. The molecule has 5 heteroatoms. The predicted octanol–water partition coefficient (Wildman–Crippen LogP) is 3.51. The van der Waals surface area contributed by atoms with Crippen LogP contribution < -0.4 is 5.32 Å². The highest BCUT2D eigenvalue weighted by atomic mass is 127. The minimum absolute atomic E-state index is 0. The molecule has 2 aliphatic rings. The molecule has 0 aromatic carbocycles. The predicted molar refractivity (Wildman–Crippen MR) is 104 cm³/mol. The molecule has 0 bridgehead atoms. The maximum absolute atomic E-state index is 5.61. The first kappa shape index (κ1) is 20.0. The van der Waals surface area contributed by atoms with Gasteiger partial charge in [-0.3, -0.25) is 4.99 Å². The smallest absolute Gasteiger partial charge is 0.194 e. The van der Waals surface area contributed by atoms with Gasteiger partial charge in [0.15, 0.2) is 5.96 Å². The highest BCUT2D eigenvalue weighted by molar-refractivity contribution is 14.0. The Kier molecular flexibility index (Phi) is 10.4. The lowest BCUT2D eigenvalue weighted by Crippen LogP contribution is -2.40. The number of hydrogen-bond donors (Lipinski definition) is 1. The number of fused-ring (bicyclic) bond motifs is 1. The van der Waals surface area contributed by atoms with Crippen molar-refractivity contribution in [1.82, 2.24) is 10.2 Å². The van der Waals surface area contributed by atoms with Crippen LogP contribution in [0, 0.1) is 11.8 Å². The van der Waals surface area contributed by atoms with Gasteiger partial charge in [0.25, 0.3) is 0 Å². The Morgan fingerprint density at radius 3 is 2.41 bits per heavy atom. The monoisotopic (exact) mass is 423 g/mol. The molecule has 4 nitrogen and oxygen atoms in total. The molecule has 0 amide bonds. The van der Waals surface area contributed by atoms with Crippen molar-refractivity contribution >= 4 is 29.9 Å². The summed E-state index contributed by atoms with van der Waals surface area (Å²) in [5, 5.41) is 3.46. The SMILES string of the molecule is CCCCOCCN=C(NCC)N1CC2CCCCC2C1.I. The molecular weight excluding hydrogens is 389 g/mol. The molecule has 1 aliphatic carbocycles. The summed E-state index contributed by atoms with van der Waals surface area (Å²) in [6.45, 7) is 10.1. The van der Waals surface area contributed by atoms with Crippen molar-refractivity contribution < 1.29 is 4.74 Å². The Labute approximate surface area is 153 Å². The van der Waals surface area contributed by atoms with E-state index in [2.05, 4.69) is 24.1 Å². The molecule has 2 unspecified atom stereocenters. The number of aliphatic imine (C=N–C) groups is 1. The lowest BCUT2D eigenvalue weighted by molar-refractivity contribution is 0.138. The second-order valence-electron chi connectivity index (χ2n) is 6.41. The minimum atomic E-state index is 0. The van der Waals surface area contributed by atoms with Gasteiger partial charge in [0.1, 0.15) is 0 Å². The van der Waals surface area contributed by atoms with Gasteiger partial charge in [-0.05, 0) is 38.0 Å². The molecule has 1 N–H and O–H groups in total. The Morgan fingerprint density at radius 2 is 1.82 bits per heavy atom. The third-order valence-corrected chi connectivity index (χ3v) is 4.75. The number of rotatable bonds is 7. The maximum atomic E-state index is 5.61. The molecule has 1 aliphatic heterocycles. The lowest BCUT2D eigenvalue weighted by atomic mass is 9.82. The molecule has 0 aromatic heterocycles. The lowest BCUT2D eigenvalue weighted by Gasteiger charge is -2.22. The number of nitrogens with one attached hydrogen (secondary N) is 1. The van der Waals surface area contributed by atoms with E-state index in [4.69, 9.17) is 9.73 Å². The fourth-order valence-corrected chi connectivity index (χ4v) is 3.57. The highest BCUT2D eigenvalue weighted by Crippen LogP contribution is 2.35. The second kappa shape index (κ2) is 11.5. The molecule has 1 heterocycles. The summed E-state index contributed by atoms with van der Waals surface area (Å²) in [5.74, 6) is 2.91. The van der Waals surface area contributed by atoms with Gasteiger partial charge in [0.2, 0.25) is 0 Å². The first-order chi connectivity index (χ1) is 10.3. The second-order valence-corrected chi connectivity index (χ2v) is 6.41. The number of ether oxygens (including phenoxy) is 1. The number of nitrogens with zero attached hydrogens (tertiary/aromatic N) is 2. The van der Waals surface area contributed by atoms with E-state index in [1.54, 1.807) is 0 Å². The number of halogens is 1. The number of guanidine groups is 1. The molecule has 130 valence electrons. The van der Waals surface area contributed by atoms with Crippen molar-refractivity contribution in [2.24, 2.45) is 16.8 Å². The number of likely N-dealkylation sites (tertiary alicyclic amines) is 1. The van der Waals surface area contributed by atoms with Crippen molar-refractivity contribution in [3.8, 4) is 0 Å². The average Bonchev–Trinajstić information content (AvgIpc) is 2.93. The molecule has 0 spiro atoms. The third kappa shape index (κ3) is 6.22. The normalized spacial score (nSPS) is 24.8. The van der Waals surface area contributed by atoms with Crippen molar-refractivity contribution in [3.63, 3.8) is 0 Å². The van der Waals surface area contributed by atoms with Crippen LogP contribution in [0.1, 0.15) is 52.4 Å². The maximum Gasteiger partial charge on any atom is 0.194 e. The van der Waals surface area contributed by atoms with Gasteiger partial charge in [0.05, 0.1) is 13.2 Å². The van der Waals surface area contributed by atoms with E-state index in [0.717, 1.165) is 50.5 Å². The van der Waals surface area contributed by atoms with Crippen LogP contribution in [0.2, 0.25) is 0 Å². The fourth-order valence-electron chi connectivity index (χ4n) is 3.57. The molecule has 2 fully saturated rings. The van der Waals surface area contributed by atoms with Crippen LogP contribution >= 0.6 is 24.0 Å². The fraction of sp³-hybridized carbons (Fsp3) is 0.941. The van der Waals surface area contributed by atoms with Crippen molar-refractivity contribution in [3.05, 3.63) is 0 Å². The topological polar surface area (TPSA) is 36.9 Å².